The third-order valence-corrected chi connectivity index (χ3v) is 5.61. The Morgan fingerprint density at radius 2 is 1.86 bits per heavy atom. The molecule has 2 aromatic rings. The summed E-state index contributed by atoms with van der Waals surface area (Å²) < 4.78 is 22.7. The van der Waals surface area contributed by atoms with E-state index in [0.717, 1.165) is 12.8 Å². The first-order valence-electron chi connectivity index (χ1n) is 7.25. The van der Waals surface area contributed by atoms with Crippen molar-refractivity contribution in [1.82, 2.24) is 5.32 Å². The van der Waals surface area contributed by atoms with Crippen LogP contribution in [0.15, 0.2) is 42.5 Å². The van der Waals surface area contributed by atoms with Crippen molar-refractivity contribution in [3.05, 3.63) is 48.0 Å². The molecular formula is C16H20N2O2S. The second-order valence-electron chi connectivity index (χ2n) is 5.74. The zero-order valence-corrected chi connectivity index (χ0v) is 12.6. The lowest BCUT2D eigenvalue weighted by atomic mass is 9.94. The van der Waals surface area contributed by atoms with E-state index in [1.807, 2.05) is 6.07 Å². The molecule has 0 radical (unpaired) electrons. The fraction of sp³-hybridized carbons (Fsp3) is 0.375. The van der Waals surface area contributed by atoms with Crippen molar-refractivity contribution in [2.45, 2.75) is 30.6 Å². The highest BCUT2D eigenvalue weighted by atomic mass is 32.2. The smallest absolute Gasteiger partial charge is 0.213 e. The van der Waals surface area contributed by atoms with Crippen LogP contribution in [-0.2, 0) is 16.4 Å². The lowest BCUT2D eigenvalue weighted by Crippen LogP contribution is -2.47. The first kappa shape index (κ1) is 14.5. The molecule has 2 unspecified atom stereocenters. The van der Waals surface area contributed by atoms with Crippen molar-refractivity contribution in [3.63, 3.8) is 0 Å². The van der Waals surface area contributed by atoms with Gasteiger partial charge < -0.3 is 5.32 Å². The standard InChI is InChI=1S/C16H20N2O2S/c17-21(19,20)15-9-8-14(18-11-15)10-13-6-3-5-12-4-1-2-7-16(12)13/h1-7,14-15,18H,8-11H2,(H2,17,19,20). The van der Waals surface area contributed by atoms with E-state index in [1.165, 1.54) is 16.3 Å². The molecule has 0 aromatic heterocycles. The highest BCUT2D eigenvalue weighted by molar-refractivity contribution is 7.89. The first-order valence-corrected chi connectivity index (χ1v) is 8.86. The van der Waals surface area contributed by atoms with Gasteiger partial charge in [-0.2, -0.15) is 0 Å². The maximum absolute atomic E-state index is 11.4. The molecule has 1 aliphatic rings. The average Bonchev–Trinajstić information content (AvgIpc) is 2.47. The number of primary sulfonamides is 1. The third kappa shape index (κ3) is 3.26. The predicted molar refractivity (Wildman–Crippen MR) is 85.6 cm³/mol. The summed E-state index contributed by atoms with van der Waals surface area (Å²) in [6.45, 7) is 0.453. The van der Waals surface area contributed by atoms with Crippen LogP contribution in [0.4, 0.5) is 0 Å². The number of sulfonamides is 1. The van der Waals surface area contributed by atoms with Gasteiger partial charge in [-0.25, -0.2) is 13.6 Å². The van der Waals surface area contributed by atoms with Crippen LogP contribution in [0.1, 0.15) is 18.4 Å². The minimum absolute atomic E-state index is 0.314. The van der Waals surface area contributed by atoms with Crippen molar-refractivity contribution in [2.24, 2.45) is 5.14 Å². The minimum Gasteiger partial charge on any atom is -0.312 e. The Hall–Kier alpha value is -1.43. The van der Waals surface area contributed by atoms with Crippen LogP contribution in [-0.4, -0.2) is 26.3 Å². The Labute approximate surface area is 125 Å². The minimum atomic E-state index is -3.42. The third-order valence-electron chi connectivity index (χ3n) is 4.28. The molecule has 0 amide bonds. The summed E-state index contributed by atoms with van der Waals surface area (Å²) >= 11 is 0. The Morgan fingerprint density at radius 1 is 1.10 bits per heavy atom. The fourth-order valence-electron chi connectivity index (χ4n) is 3.08. The molecule has 2 aromatic carbocycles. The molecule has 1 aliphatic heterocycles. The molecule has 1 saturated heterocycles. The molecule has 0 spiro atoms. The average molecular weight is 304 g/mol. The van der Waals surface area contributed by atoms with E-state index in [9.17, 15) is 8.42 Å². The van der Waals surface area contributed by atoms with Crippen molar-refractivity contribution >= 4 is 20.8 Å². The molecule has 1 heterocycles. The van der Waals surface area contributed by atoms with E-state index in [2.05, 4.69) is 41.7 Å². The quantitative estimate of drug-likeness (QED) is 0.908. The Bertz CT molecular complexity index is 730. The summed E-state index contributed by atoms with van der Waals surface area (Å²) in [5.41, 5.74) is 1.31. The first-order chi connectivity index (χ1) is 10.0. The van der Waals surface area contributed by atoms with E-state index in [0.29, 0.717) is 19.0 Å². The van der Waals surface area contributed by atoms with E-state index in [1.54, 1.807) is 0 Å². The van der Waals surface area contributed by atoms with Gasteiger partial charge in [0.25, 0.3) is 0 Å². The number of hydrogen-bond acceptors (Lipinski definition) is 3. The molecule has 2 atom stereocenters. The van der Waals surface area contributed by atoms with Crippen LogP contribution in [0.3, 0.4) is 0 Å². The monoisotopic (exact) mass is 304 g/mol. The van der Waals surface area contributed by atoms with E-state index in [-0.39, 0.29) is 0 Å². The summed E-state index contributed by atoms with van der Waals surface area (Å²) in [6.07, 6.45) is 2.39. The zero-order valence-electron chi connectivity index (χ0n) is 11.8. The highest BCUT2D eigenvalue weighted by Crippen LogP contribution is 2.22. The van der Waals surface area contributed by atoms with Gasteiger partial charge in [-0.05, 0) is 35.6 Å². The van der Waals surface area contributed by atoms with E-state index < -0.39 is 15.3 Å². The number of piperidine rings is 1. The van der Waals surface area contributed by atoms with Gasteiger partial charge >= 0.3 is 0 Å². The summed E-state index contributed by atoms with van der Waals surface area (Å²) in [5.74, 6) is 0. The van der Waals surface area contributed by atoms with Crippen LogP contribution < -0.4 is 10.5 Å². The van der Waals surface area contributed by atoms with Crippen molar-refractivity contribution in [3.8, 4) is 0 Å². The van der Waals surface area contributed by atoms with E-state index in [4.69, 9.17) is 5.14 Å². The summed E-state index contributed by atoms with van der Waals surface area (Å²) in [7, 11) is -3.42. The number of rotatable bonds is 3. The van der Waals surface area contributed by atoms with Crippen molar-refractivity contribution in [1.29, 1.82) is 0 Å². The lowest BCUT2D eigenvalue weighted by Gasteiger charge is -2.29. The molecule has 0 aliphatic carbocycles. The topological polar surface area (TPSA) is 72.2 Å². The second kappa shape index (κ2) is 5.75. The summed E-state index contributed by atoms with van der Waals surface area (Å²) in [5, 5.41) is 10.6. The number of benzene rings is 2. The van der Waals surface area contributed by atoms with Gasteiger partial charge in [-0.1, -0.05) is 42.5 Å². The largest absolute Gasteiger partial charge is 0.312 e. The van der Waals surface area contributed by atoms with Gasteiger partial charge in [0.05, 0.1) is 5.25 Å². The van der Waals surface area contributed by atoms with Gasteiger partial charge in [-0.3, -0.25) is 0 Å². The predicted octanol–water partition coefficient (Wildman–Crippen LogP) is 1.79. The van der Waals surface area contributed by atoms with Crippen molar-refractivity contribution in [2.75, 3.05) is 6.54 Å². The van der Waals surface area contributed by atoms with Crippen LogP contribution in [0, 0.1) is 0 Å². The van der Waals surface area contributed by atoms with Gasteiger partial charge in [0, 0.05) is 12.6 Å². The molecule has 4 nitrogen and oxygen atoms in total. The lowest BCUT2D eigenvalue weighted by molar-refractivity contribution is 0.397. The highest BCUT2D eigenvalue weighted by Gasteiger charge is 2.28. The zero-order chi connectivity index (χ0) is 14.9. The normalized spacial score (nSPS) is 23.3. The molecule has 21 heavy (non-hydrogen) atoms. The Kier molecular flexibility index (Phi) is 3.97. The molecule has 112 valence electrons. The summed E-state index contributed by atoms with van der Waals surface area (Å²) in [4.78, 5) is 0. The molecule has 0 saturated carbocycles. The van der Waals surface area contributed by atoms with E-state index >= 15 is 0 Å². The fourth-order valence-corrected chi connectivity index (χ4v) is 3.87. The van der Waals surface area contributed by atoms with Gasteiger partial charge in [0.2, 0.25) is 10.0 Å². The molecule has 1 fully saturated rings. The summed E-state index contributed by atoms with van der Waals surface area (Å²) in [6, 6.07) is 15.0. The SMILES string of the molecule is NS(=O)(=O)C1CCC(Cc2cccc3ccccc23)NC1. The van der Waals surface area contributed by atoms with Gasteiger partial charge in [0.15, 0.2) is 0 Å². The molecule has 0 bridgehead atoms. The second-order valence-corrected chi connectivity index (χ2v) is 7.58. The maximum Gasteiger partial charge on any atom is 0.213 e. The van der Waals surface area contributed by atoms with Crippen LogP contribution in [0.25, 0.3) is 10.8 Å². The number of nitrogens with one attached hydrogen (secondary N) is 1. The van der Waals surface area contributed by atoms with Crippen LogP contribution >= 0.6 is 0 Å². The number of nitrogens with two attached hydrogens (primary N) is 1. The van der Waals surface area contributed by atoms with Crippen molar-refractivity contribution < 1.29 is 8.42 Å². The molecule has 3 N–H and O–H groups in total. The molecule has 3 rings (SSSR count). The Morgan fingerprint density at radius 3 is 2.57 bits per heavy atom. The number of fused-ring (bicyclic) bond motifs is 1. The number of hydrogen-bond donors (Lipinski definition) is 2. The molecule has 5 heteroatoms. The van der Waals surface area contributed by atoms with Crippen LogP contribution in [0.5, 0.6) is 0 Å². The van der Waals surface area contributed by atoms with Gasteiger partial charge in [-0.15, -0.1) is 0 Å². The maximum atomic E-state index is 11.4. The Balaban J connectivity index is 1.73. The molecular weight excluding hydrogens is 284 g/mol. The van der Waals surface area contributed by atoms with Gasteiger partial charge in [0.1, 0.15) is 0 Å². The van der Waals surface area contributed by atoms with Crippen LogP contribution in [0.2, 0.25) is 0 Å².